The summed E-state index contributed by atoms with van der Waals surface area (Å²) in [7, 11) is 0. The topological polar surface area (TPSA) is 81.4 Å². The highest BCUT2D eigenvalue weighted by Crippen LogP contribution is 2.37. The molecule has 28 heavy (non-hydrogen) atoms. The molecule has 0 heterocycles. The van der Waals surface area contributed by atoms with Gasteiger partial charge in [-0.3, -0.25) is 9.59 Å². The number of amides is 1. The Kier molecular flexibility index (Phi) is 6.51. The number of alkyl halides is 3. The van der Waals surface area contributed by atoms with Crippen molar-refractivity contribution in [3.05, 3.63) is 47.5 Å². The third-order valence-corrected chi connectivity index (χ3v) is 5.05. The van der Waals surface area contributed by atoms with Gasteiger partial charge in [0.2, 0.25) is 0 Å². The molecule has 0 fully saturated rings. The predicted molar refractivity (Wildman–Crippen MR) is 101 cm³/mol. The molecule has 0 bridgehead atoms. The highest BCUT2D eigenvalue weighted by molar-refractivity contribution is 7.99. The van der Waals surface area contributed by atoms with Gasteiger partial charge in [-0.1, -0.05) is 35.5 Å². The van der Waals surface area contributed by atoms with E-state index < -0.39 is 23.7 Å². The van der Waals surface area contributed by atoms with E-state index in [0.29, 0.717) is 17.5 Å². The Morgan fingerprint density at radius 2 is 1.82 bits per heavy atom. The van der Waals surface area contributed by atoms with E-state index in [9.17, 15) is 22.8 Å². The number of carbonyl (C=O) groups excluding carboxylic acids is 2. The SMILES string of the molecule is CC(=O)OC(C)(C(=O)Nc1ccc(Sc2ccccc2N)cc1Cl)C(F)(F)F. The van der Waals surface area contributed by atoms with E-state index in [1.54, 1.807) is 24.3 Å². The number of hydrogen-bond acceptors (Lipinski definition) is 5. The van der Waals surface area contributed by atoms with E-state index in [2.05, 4.69) is 10.1 Å². The fraction of sp³-hybridized carbons (Fsp3) is 0.222. The zero-order valence-corrected chi connectivity index (χ0v) is 16.3. The van der Waals surface area contributed by atoms with Gasteiger partial charge in [0.1, 0.15) is 0 Å². The number of benzene rings is 2. The van der Waals surface area contributed by atoms with Crippen molar-refractivity contribution in [1.82, 2.24) is 0 Å². The van der Waals surface area contributed by atoms with E-state index in [1.165, 1.54) is 23.9 Å². The van der Waals surface area contributed by atoms with Gasteiger partial charge in [0, 0.05) is 22.4 Å². The molecular formula is C18H16ClF3N2O3S. The van der Waals surface area contributed by atoms with Gasteiger partial charge in [0.05, 0.1) is 10.7 Å². The van der Waals surface area contributed by atoms with E-state index >= 15 is 0 Å². The summed E-state index contributed by atoms with van der Waals surface area (Å²) in [6.07, 6.45) is -5.12. The highest BCUT2D eigenvalue weighted by atomic mass is 35.5. The molecule has 0 spiro atoms. The largest absolute Gasteiger partial charge is 0.439 e. The molecule has 3 N–H and O–H groups in total. The maximum absolute atomic E-state index is 13.3. The van der Waals surface area contributed by atoms with Crippen LogP contribution in [0.1, 0.15) is 13.8 Å². The number of nitrogen functional groups attached to an aromatic ring is 1. The Bertz CT molecular complexity index is 908. The summed E-state index contributed by atoms with van der Waals surface area (Å²) in [5, 5.41) is 2.08. The van der Waals surface area contributed by atoms with Gasteiger partial charge in [-0.2, -0.15) is 13.2 Å². The number of hydrogen-bond donors (Lipinski definition) is 2. The van der Waals surface area contributed by atoms with Crippen LogP contribution in [0.25, 0.3) is 0 Å². The lowest BCUT2D eigenvalue weighted by molar-refractivity contribution is -0.253. The molecule has 0 saturated heterocycles. The molecule has 1 unspecified atom stereocenters. The summed E-state index contributed by atoms with van der Waals surface area (Å²) in [4.78, 5) is 24.7. The molecule has 1 atom stereocenters. The number of halogens is 4. The van der Waals surface area contributed by atoms with Gasteiger partial charge in [-0.15, -0.1) is 0 Å². The van der Waals surface area contributed by atoms with Crippen LogP contribution < -0.4 is 11.1 Å². The lowest BCUT2D eigenvalue weighted by Gasteiger charge is -2.29. The van der Waals surface area contributed by atoms with E-state index in [4.69, 9.17) is 17.3 Å². The average Bonchev–Trinajstić information content (AvgIpc) is 2.57. The van der Waals surface area contributed by atoms with Gasteiger partial charge in [-0.25, -0.2) is 0 Å². The fourth-order valence-electron chi connectivity index (χ4n) is 2.12. The smallest absolute Gasteiger partial charge is 0.437 e. The maximum Gasteiger partial charge on any atom is 0.437 e. The van der Waals surface area contributed by atoms with Crippen molar-refractivity contribution >= 4 is 46.6 Å². The van der Waals surface area contributed by atoms with Crippen LogP contribution in [0.3, 0.4) is 0 Å². The quantitative estimate of drug-likeness (QED) is 0.519. The van der Waals surface area contributed by atoms with Crippen molar-refractivity contribution < 1.29 is 27.5 Å². The Labute approximate surface area is 168 Å². The average molecular weight is 433 g/mol. The Morgan fingerprint density at radius 1 is 1.18 bits per heavy atom. The normalized spacial score (nSPS) is 13.5. The number of rotatable bonds is 5. The third kappa shape index (κ3) is 4.90. The monoisotopic (exact) mass is 432 g/mol. The van der Waals surface area contributed by atoms with Crippen molar-refractivity contribution in [2.75, 3.05) is 11.1 Å². The molecule has 0 aromatic heterocycles. The number of nitrogens with two attached hydrogens (primary N) is 1. The van der Waals surface area contributed by atoms with Crippen molar-refractivity contribution in [2.45, 2.75) is 35.4 Å². The zero-order valence-electron chi connectivity index (χ0n) is 14.8. The molecule has 0 radical (unpaired) electrons. The number of carbonyl (C=O) groups is 2. The molecule has 0 aliphatic rings. The lowest BCUT2D eigenvalue weighted by Crippen LogP contribution is -2.55. The number of para-hydroxylation sites is 1. The molecule has 2 aromatic rings. The second-order valence-corrected chi connectivity index (χ2v) is 7.38. The molecule has 2 rings (SSSR count). The summed E-state index contributed by atoms with van der Waals surface area (Å²) in [5.74, 6) is -2.81. The van der Waals surface area contributed by atoms with E-state index in [0.717, 1.165) is 11.8 Å². The first kappa shape index (κ1) is 21.9. The minimum Gasteiger partial charge on any atom is -0.439 e. The summed E-state index contributed by atoms with van der Waals surface area (Å²) in [5.41, 5.74) is 3.02. The molecule has 2 aromatic carbocycles. The van der Waals surface area contributed by atoms with Gasteiger partial charge < -0.3 is 15.8 Å². The zero-order chi connectivity index (χ0) is 21.1. The first-order valence-corrected chi connectivity index (χ1v) is 9.03. The second-order valence-electron chi connectivity index (χ2n) is 5.86. The van der Waals surface area contributed by atoms with Crippen molar-refractivity contribution in [3.8, 4) is 0 Å². The Hall–Kier alpha value is -2.39. The van der Waals surface area contributed by atoms with Crippen molar-refractivity contribution in [3.63, 3.8) is 0 Å². The van der Waals surface area contributed by atoms with Crippen LogP contribution in [0.15, 0.2) is 52.3 Å². The van der Waals surface area contributed by atoms with Crippen molar-refractivity contribution in [1.29, 1.82) is 0 Å². The summed E-state index contributed by atoms with van der Waals surface area (Å²) in [6.45, 7) is 1.26. The Balaban J connectivity index is 2.23. The van der Waals surface area contributed by atoms with Crippen LogP contribution >= 0.6 is 23.4 Å². The third-order valence-electron chi connectivity index (χ3n) is 3.66. The van der Waals surface area contributed by atoms with Gasteiger partial charge >= 0.3 is 12.1 Å². The van der Waals surface area contributed by atoms with Gasteiger partial charge in [-0.05, 0) is 37.3 Å². The number of nitrogens with one attached hydrogen (secondary N) is 1. The van der Waals surface area contributed by atoms with Crippen LogP contribution in [0.4, 0.5) is 24.5 Å². The molecular weight excluding hydrogens is 417 g/mol. The number of ether oxygens (including phenoxy) is 1. The maximum atomic E-state index is 13.3. The van der Waals surface area contributed by atoms with Gasteiger partial charge in [0.25, 0.3) is 11.5 Å². The van der Waals surface area contributed by atoms with E-state index in [1.807, 2.05) is 6.07 Å². The predicted octanol–water partition coefficient (Wildman–Crippen LogP) is 4.90. The lowest BCUT2D eigenvalue weighted by atomic mass is 10.0. The number of anilines is 2. The minimum atomic E-state index is -5.12. The van der Waals surface area contributed by atoms with Crippen LogP contribution in [0, 0.1) is 0 Å². The molecule has 1 amide bonds. The van der Waals surface area contributed by atoms with E-state index in [-0.39, 0.29) is 10.7 Å². The molecule has 5 nitrogen and oxygen atoms in total. The Morgan fingerprint density at radius 3 is 2.36 bits per heavy atom. The first-order valence-electron chi connectivity index (χ1n) is 7.83. The molecule has 0 aliphatic heterocycles. The van der Waals surface area contributed by atoms with Crippen LogP contribution in [0.2, 0.25) is 5.02 Å². The minimum absolute atomic E-state index is 0.0141. The molecule has 150 valence electrons. The fourth-order valence-corrected chi connectivity index (χ4v) is 3.31. The van der Waals surface area contributed by atoms with Crippen LogP contribution in [-0.4, -0.2) is 23.7 Å². The molecule has 0 aliphatic carbocycles. The molecule has 10 heteroatoms. The summed E-state index contributed by atoms with van der Waals surface area (Å²) >= 11 is 7.40. The van der Waals surface area contributed by atoms with Crippen molar-refractivity contribution in [2.24, 2.45) is 0 Å². The van der Waals surface area contributed by atoms with Gasteiger partial charge in [0.15, 0.2) is 0 Å². The summed E-state index contributed by atoms with van der Waals surface area (Å²) in [6, 6.07) is 11.5. The molecule has 0 saturated carbocycles. The number of esters is 1. The first-order chi connectivity index (χ1) is 12.9. The summed E-state index contributed by atoms with van der Waals surface area (Å²) < 4.78 is 44.1. The standard InChI is InChI=1S/C18H16ClF3N2O3S/c1-10(25)27-17(2,18(20,21)22)16(26)24-14-8-7-11(9-12(14)19)28-15-6-4-3-5-13(15)23/h3-9H,23H2,1-2H3,(H,24,26). The highest BCUT2D eigenvalue weighted by Gasteiger charge is 2.60. The van der Waals surface area contributed by atoms with Crippen LogP contribution in [0.5, 0.6) is 0 Å². The second kappa shape index (κ2) is 8.32. The van der Waals surface area contributed by atoms with Crippen LogP contribution in [-0.2, 0) is 14.3 Å².